The molecule has 0 aliphatic carbocycles. The highest BCUT2D eigenvalue weighted by atomic mass is 28.3. The van der Waals surface area contributed by atoms with Gasteiger partial charge in [0.1, 0.15) is 22.8 Å². The van der Waals surface area contributed by atoms with Crippen molar-refractivity contribution < 1.29 is 17.6 Å². The Balaban J connectivity index is 0.865. The van der Waals surface area contributed by atoms with Gasteiger partial charge in [-0.2, -0.15) is 0 Å². The Kier molecular flexibility index (Phi) is 18.7. The molecule has 0 unspecified atom stereocenters. The maximum absolute atomic E-state index is 17.4. The predicted octanol–water partition coefficient (Wildman–Crippen LogP) is 25.8. The molecule has 582 valence electrons. The maximum Gasteiger partial charge on any atom is 0.179 e. The van der Waals surface area contributed by atoms with Crippen LogP contribution in [0.5, 0.6) is 0 Å². The van der Waals surface area contributed by atoms with Crippen molar-refractivity contribution in [2.45, 2.75) is 81.1 Å². The van der Waals surface area contributed by atoms with E-state index >= 15 is 8.78 Å². The van der Waals surface area contributed by atoms with Gasteiger partial charge in [-0.25, -0.2) is 8.78 Å². The zero-order valence-corrected chi connectivity index (χ0v) is 71.1. The van der Waals surface area contributed by atoms with E-state index in [1.165, 1.54) is 74.9 Å². The van der Waals surface area contributed by atoms with Crippen molar-refractivity contribution in [3.63, 3.8) is 0 Å². The third-order valence-electron chi connectivity index (χ3n) is 25.4. The standard InChI is InChI=1S/C112H90F2N2O2Si2/c1-69(2)97-67-105(115(103-27-17-25-93-89-23-11-13-29-107(89)117-111(93)103)101-61-43-79(113)65-99(101)77-19-15-21-87(63-77)119(81-45-31-71(5)32-46-81,82-47-33-72(6)34-48-82)83-49-35-73(7)36-50-83)95-60-58-92-98(70(3)4)68-106(96-59-57-91(97)109(95)110(92)96)116(104-28-18-26-94-90-24-12-14-30-108(90)118-112(94)104)102-62-44-80(114)66-100(102)78-20-16-22-88(64-78)120(84-51-37-74(8)38-52-84,85-53-39-75(9)40-54-85)86-55-41-76(10)42-56-86/h11-70H,1-10H3. The van der Waals surface area contributed by atoms with Gasteiger partial charge in [-0.3, -0.25) is 0 Å². The molecular formula is C112H90F2N2O2Si2. The monoisotopic (exact) mass is 1590 g/mol. The molecule has 0 N–H and O–H groups in total. The fourth-order valence-electron chi connectivity index (χ4n) is 19.5. The Hall–Kier alpha value is -13.5. The van der Waals surface area contributed by atoms with Gasteiger partial charge in [0.2, 0.25) is 0 Å². The second kappa shape index (κ2) is 29.8. The van der Waals surface area contributed by atoms with Gasteiger partial charge in [-0.05, 0) is 211 Å². The third-order valence-corrected chi connectivity index (χ3v) is 35.0. The molecule has 18 aromatic carbocycles. The van der Waals surface area contributed by atoms with Crippen molar-refractivity contribution >= 4 is 168 Å². The predicted molar refractivity (Wildman–Crippen MR) is 509 cm³/mol. The van der Waals surface area contributed by atoms with Gasteiger partial charge in [0.05, 0.1) is 34.1 Å². The average Bonchev–Trinajstić information content (AvgIpc) is 1.08. The lowest BCUT2D eigenvalue weighted by molar-refractivity contribution is 0.628. The fourth-order valence-corrected chi connectivity index (χ4v) is 28.9. The Bertz CT molecular complexity index is 6710. The van der Waals surface area contributed by atoms with Crippen LogP contribution < -0.4 is 51.3 Å². The second-order valence-corrected chi connectivity index (χ2v) is 41.3. The molecule has 0 spiro atoms. The van der Waals surface area contributed by atoms with Gasteiger partial charge in [-0.1, -0.05) is 340 Å². The number of hydrogen-bond donors (Lipinski definition) is 0. The molecule has 0 atom stereocenters. The number of furan rings is 2. The molecular weight excluding hydrogens is 1500 g/mol. The molecule has 120 heavy (non-hydrogen) atoms. The number of anilines is 6. The Morgan fingerprint density at radius 1 is 0.242 bits per heavy atom. The number of hydrogen-bond acceptors (Lipinski definition) is 4. The fraction of sp³-hybridized carbons (Fsp3) is 0.107. The van der Waals surface area contributed by atoms with Crippen LogP contribution in [0.1, 0.15) is 84.0 Å². The van der Waals surface area contributed by atoms with Crippen LogP contribution in [0.25, 0.3) is 98.4 Å². The summed E-state index contributed by atoms with van der Waals surface area (Å²) >= 11 is 0. The van der Waals surface area contributed by atoms with E-state index in [0.717, 1.165) is 133 Å². The molecule has 8 heteroatoms. The highest BCUT2D eigenvalue weighted by Crippen LogP contribution is 2.55. The summed E-state index contributed by atoms with van der Waals surface area (Å²) in [5.41, 5.74) is 20.5. The van der Waals surface area contributed by atoms with E-state index in [1.54, 1.807) is 24.3 Å². The maximum atomic E-state index is 17.4. The summed E-state index contributed by atoms with van der Waals surface area (Å²) in [4.78, 5) is 4.75. The van der Waals surface area contributed by atoms with E-state index in [2.05, 4.69) is 370 Å². The lowest BCUT2D eigenvalue weighted by atomic mass is 9.83. The number of fused-ring (bicyclic) bond motifs is 6. The van der Waals surface area contributed by atoms with Crippen LogP contribution in [-0.4, -0.2) is 16.1 Å². The minimum Gasteiger partial charge on any atom is -0.454 e. The largest absolute Gasteiger partial charge is 0.454 e. The number of aryl methyl sites for hydroxylation is 6. The van der Waals surface area contributed by atoms with E-state index in [9.17, 15) is 0 Å². The van der Waals surface area contributed by atoms with Crippen LogP contribution in [0.3, 0.4) is 0 Å². The molecule has 20 rings (SSSR count). The Morgan fingerprint density at radius 2 is 0.542 bits per heavy atom. The first kappa shape index (κ1) is 75.3. The molecule has 0 aliphatic heterocycles. The number of halogens is 2. The van der Waals surface area contributed by atoms with Crippen LogP contribution in [0, 0.1) is 53.2 Å². The van der Waals surface area contributed by atoms with E-state index in [4.69, 9.17) is 8.83 Å². The van der Waals surface area contributed by atoms with E-state index in [-0.39, 0.29) is 23.5 Å². The van der Waals surface area contributed by atoms with Gasteiger partial charge in [0.15, 0.2) is 27.3 Å². The van der Waals surface area contributed by atoms with E-state index < -0.39 is 16.1 Å². The van der Waals surface area contributed by atoms with Gasteiger partial charge in [0, 0.05) is 43.4 Å². The Morgan fingerprint density at radius 3 is 0.867 bits per heavy atom. The first-order chi connectivity index (χ1) is 58.4. The van der Waals surface area contributed by atoms with Crippen molar-refractivity contribution in [2.24, 2.45) is 0 Å². The van der Waals surface area contributed by atoms with E-state index in [1.807, 2.05) is 36.4 Å². The summed E-state index contributed by atoms with van der Waals surface area (Å²) in [5.74, 6) is -0.681. The highest BCUT2D eigenvalue weighted by Gasteiger charge is 2.44. The van der Waals surface area contributed by atoms with Crippen molar-refractivity contribution in [2.75, 3.05) is 9.80 Å². The normalized spacial score (nSPS) is 12.2. The lowest BCUT2D eigenvalue weighted by Gasteiger charge is -2.35. The lowest BCUT2D eigenvalue weighted by Crippen LogP contribution is -2.74. The van der Waals surface area contributed by atoms with Gasteiger partial charge in [-0.15, -0.1) is 0 Å². The molecule has 2 aromatic heterocycles. The number of nitrogens with zero attached hydrogens (tertiary/aromatic N) is 2. The summed E-state index contributed by atoms with van der Waals surface area (Å²) in [6.45, 7) is 22.1. The summed E-state index contributed by atoms with van der Waals surface area (Å²) in [5, 5.41) is 20.2. The first-order valence-electron chi connectivity index (χ1n) is 41.8. The molecule has 0 aliphatic rings. The molecule has 0 saturated heterocycles. The van der Waals surface area contributed by atoms with Gasteiger partial charge < -0.3 is 18.6 Å². The Labute approximate surface area is 701 Å². The first-order valence-corrected chi connectivity index (χ1v) is 45.8. The number of rotatable bonds is 18. The molecule has 0 amide bonds. The van der Waals surface area contributed by atoms with E-state index in [0.29, 0.717) is 11.2 Å². The van der Waals surface area contributed by atoms with Crippen molar-refractivity contribution in [1.29, 1.82) is 0 Å². The SMILES string of the molecule is Cc1ccc([Si](c2ccc(C)cc2)(c2ccc(C)cc2)c2cccc(-c3cc(F)ccc3N(c3cc(C(C)C)c4ccc5c(N(c6ccc(F)cc6-c6cccc([Si](c7ccc(C)cc7)(c7ccc(C)cc7)c7ccc(C)cc7)c6)c6cccc7c6oc6ccccc67)cc(C(C)C)c6ccc3c4c65)c3cccc4c3oc3ccccc34)c2)cc1. The van der Waals surface area contributed by atoms with Crippen molar-refractivity contribution in [3.05, 3.63) is 408 Å². The smallest absolute Gasteiger partial charge is 0.179 e. The molecule has 0 radical (unpaired) electrons. The summed E-state index contributed by atoms with van der Waals surface area (Å²) in [6, 6.07) is 127. The van der Waals surface area contributed by atoms with Crippen molar-refractivity contribution in [3.8, 4) is 22.3 Å². The molecule has 4 nitrogen and oxygen atoms in total. The van der Waals surface area contributed by atoms with Crippen LogP contribution >= 0.6 is 0 Å². The average molecular weight is 1590 g/mol. The van der Waals surface area contributed by atoms with Crippen LogP contribution in [-0.2, 0) is 0 Å². The molecule has 2 heterocycles. The zero-order valence-electron chi connectivity index (χ0n) is 69.1. The molecule has 0 bridgehead atoms. The quantitative estimate of drug-likeness (QED) is 0.0487. The van der Waals surface area contributed by atoms with Crippen LogP contribution in [0.15, 0.2) is 361 Å². The third kappa shape index (κ3) is 12.4. The molecule has 0 fully saturated rings. The van der Waals surface area contributed by atoms with Crippen molar-refractivity contribution in [1.82, 2.24) is 0 Å². The minimum atomic E-state index is -3.18. The zero-order chi connectivity index (χ0) is 82.0. The second-order valence-electron chi connectivity index (χ2n) is 33.7. The molecule has 0 saturated carbocycles. The number of para-hydroxylation sites is 4. The van der Waals surface area contributed by atoms with Crippen LogP contribution in [0.2, 0.25) is 0 Å². The minimum absolute atomic E-state index is 0.0125. The van der Waals surface area contributed by atoms with Crippen LogP contribution in [0.4, 0.5) is 42.9 Å². The molecule has 20 aromatic rings. The summed E-state index contributed by atoms with van der Waals surface area (Å²) in [6.07, 6.45) is 0. The number of benzene rings is 18. The summed E-state index contributed by atoms with van der Waals surface area (Å²) < 4.78 is 49.3. The summed E-state index contributed by atoms with van der Waals surface area (Å²) in [7, 11) is -6.36. The topological polar surface area (TPSA) is 32.8 Å². The highest BCUT2D eigenvalue weighted by molar-refractivity contribution is 7.20. The van der Waals surface area contributed by atoms with Gasteiger partial charge >= 0.3 is 0 Å². The van der Waals surface area contributed by atoms with Gasteiger partial charge in [0.25, 0.3) is 0 Å².